The van der Waals surface area contributed by atoms with Gasteiger partial charge >= 0.3 is 0 Å². The Labute approximate surface area is 371 Å². The number of phenolic OH excluding ortho intramolecular Hbond substituents is 2. The first kappa shape index (κ1) is 49.9. The molecule has 19 nitrogen and oxygen atoms in total. The number of fused-ring (bicyclic) bond motifs is 6. The molecule has 21 heteroatoms. The molecule has 0 saturated heterocycles. The number of amides is 2. The van der Waals surface area contributed by atoms with Gasteiger partial charge in [0.15, 0.2) is 22.8 Å². The van der Waals surface area contributed by atoms with Crippen LogP contribution in [0.5, 0.6) is 11.5 Å². The molecule has 2 fully saturated rings. The number of aliphatic hydroxyl groups excluding tert-OH is 4. The molecule has 0 radical (unpaired) electrons. The van der Waals surface area contributed by atoms with Crippen molar-refractivity contribution in [1.82, 2.24) is 9.80 Å². The third-order valence-corrected chi connectivity index (χ3v) is 12.9. The molecule has 0 bridgehead atoms. The number of aliphatic hydroxyl groups is 6. The largest absolute Gasteiger partial charge is 0.508 e. The zero-order valence-electron chi connectivity index (χ0n) is 34.1. The molecule has 2 amide bonds. The molecule has 8 rings (SSSR count). The fourth-order valence-electron chi connectivity index (χ4n) is 10.4. The molecule has 2 saturated carbocycles. The van der Waals surface area contributed by atoms with Crippen LogP contribution < -0.4 is 11.5 Å². The maximum Gasteiger partial charge on any atom is 0.255 e. The average Bonchev–Trinajstić information content (AvgIpc) is 3.14. The zero-order chi connectivity index (χ0) is 44.2. The Bertz CT molecular complexity index is 2330. The number of likely N-dealkylation sites (N-methyl/N-ethyl adjacent to an activating group) is 2. The highest BCUT2D eigenvalue weighted by molar-refractivity contribution is 6.25. The summed E-state index contributed by atoms with van der Waals surface area (Å²) in [7, 11) is 6.24. The molecule has 0 spiro atoms. The standard InChI is InChI=1S/2C21H22N2O7.2ClH.H2O/c2*1-23(2)15-10-7-9-6-8-4-3-5-11(24)12(8)16(25)13(9)18(27)21(10,30)19(28)14(17(15)26)20(22)29;;;/h2*3-5,9-10,15,24-25,28,30H,6-7H2,1-2H3,(H2,22,29);2*1H;1H2/t2*9-,10+,15-,21-;;;/m00.../s1. The summed E-state index contributed by atoms with van der Waals surface area (Å²) in [4.78, 5) is 79.5. The third-order valence-electron chi connectivity index (χ3n) is 12.9. The van der Waals surface area contributed by atoms with Crippen LogP contribution in [0.2, 0.25) is 0 Å². The monoisotopic (exact) mass is 918 g/mol. The minimum Gasteiger partial charge on any atom is -0.508 e. The zero-order valence-corrected chi connectivity index (χ0v) is 35.8. The van der Waals surface area contributed by atoms with Crippen LogP contribution in [0.1, 0.15) is 35.1 Å². The molecule has 6 aliphatic rings. The van der Waals surface area contributed by atoms with Gasteiger partial charge in [-0.25, -0.2) is 0 Å². The van der Waals surface area contributed by atoms with E-state index in [1.807, 2.05) is 0 Å². The van der Waals surface area contributed by atoms with Gasteiger partial charge in [-0.2, -0.15) is 0 Å². The second-order valence-corrected chi connectivity index (χ2v) is 16.5. The SMILES string of the molecule is CN(C)[C@@H]1C(=O)C(C(N)=O)=C(O)[C@@]2(O)C(=O)C3=C(O)c4c(O)cccc4C[C@H]3C[C@H]12.CN(C)[C@@H]1C(=O)C(C(N)=O)=C(O)[C@@]2(O)C(=O)C3=C(O)c4c(O)cccc4C[C@H]3C[C@H]12.Cl.Cl.O. The van der Waals surface area contributed by atoms with Crippen molar-refractivity contribution in [3.05, 3.63) is 92.5 Å². The number of hydrogen-bond acceptors (Lipinski definition) is 16. The molecule has 63 heavy (non-hydrogen) atoms. The van der Waals surface area contributed by atoms with E-state index in [1.54, 1.807) is 52.5 Å². The second kappa shape index (κ2) is 17.1. The maximum atomic E-state index is 13.5. The Morgan fingerprint density at radius 3 is 1.21 bits per heavy atom. The minimum atomic E-state index is -2.60. The molecule has 8 atom stereocenters. The van der Waals surface area contributed by atoms with Crippen molar-refractivity contribution in [3.8, 4) is 11.5 Å². The number of halogens is 2. The number of carbonyl (C=O) groups is 6. The summed E-state index contributed by atoms with van der Waals surface area (Å²) < 4.78 is 0. The van der Waals surface area contributed by atoms with Crippen molar-refractivity contribution in [1.29, 1.82) is 0 Å². The molecule has 2 aromatic carbocycles. The fourth-order valence-corrected chi connectivity index (χ4v) is 10.4. The van der Waals surface area contributed by atoms with Crippen LogP contribution in [-0.4, -0.2) is 143 Å². The number of hydrogen-bond donors (Lipinski definition) is 10. The highest BCUT2D eigenvalue weighted by atomic mass is 35.5. The molecule has 0 heterocycles. The average molecular weight is 920 g/mol. The van der Waals surface area contributed by atoms with E-state index in [1.165, 1.54) is 21.9 Å². The lowest BCUT2D eigenvalue weighted by atomic mass is 9.57. The van der Waals surface area contributed by atoms with E-state index in [0.29, 0.717) is 24.0 Å². The van der Waals surface area contributed by atoms with Crippen LogP contribution in [0.4, 0.5) is 0 Å². The molecule has 340 valence electrons. The molecule has 14 N–H and O–H groups in total. The van der Waals surface area contributed by atoms with Gasteiger partial charge in [-0.1, -0.05) is 24.3 Å². The second-order valence-electron chi connectivity index (χ2n) is 16.5. The van der Waals surface area contributed by atoms with Crippen molar-refractivity contribution in [2.24, 2.45) is 35.1 Å². The summed E-state index contributed by atoms with van der Waals surface area (Å²) in [6, 6.07) is 7.24. The normalized spacial score (nSPS) is 29.4. The Balaban J connectivity index is 0.000000264. The quantitative estimate of drug-likeness (QED) is 0.180. The Kier molecular flexibility index (Phi) is 13.5. The van der Waals surface area contributed by atoms with Crippen molar-refractivity contribution in [2.45, 2.75) is 49.0 Å². The van der Waals surface area contributed by atoms with Crippen molar-refractivity contribution in [2.75, 3.05) is 28.2 Å². The van der Waals surface area contributed by atoms with Crippen LogP contribution >= 0.6 is 24.8 Å². The summed E-state index contributed by atoms with van der Waals surface area (Å²) in [6.45, 7) is 0. The smallest absolute Gasteiger partial charge is 0.255 e. The number of primary amides is 2. The number of phenols is 2. The van der Waals surface area contributed by atoms with Gasteiger partial charge in [0.05, 0.1) is 23.2 Å². The number of rotatable bonds is 4. The van der Waals surface area contributed by atoms with E-state index < -0.39 is 116 Å². The molecular weight excluding hydrogens is 871 g/mol. The van der Waals surface area contributed by atoms with Gasteiger partial charge in [0, 0.05) is 23.0 Å². The number of ketones is 4. The van der Waals surface area contributed by atoms with Gasteiger partial charge in [0.2, 0.25) is 11.6 Å². The number of Topliss-reactive ketones (excluding diaryl/α,β-unsaturated/α-hetero) is 4. The lowest BCUT2D eigenvalue weighted by Gasteiger charge is -2.50. The van der Waals surface area contributed by atoms with Crippen LogP contribution in [0, 0.1) is 23.7 Å². The number of nitrogens with two attached hydrogens (primary N) is 2. The predicted octanol–water partition coefficient (Wildman–Crippen LogP) is -0.0531. The minimum absolute atomic E-state index is 0. The van der Waals surface area contributed by atoms with E-state index in [0.717, 1.165) is 0 Å². The summed E-state index contributed by atoms with van der Waals surface area (Å²) in [5, 5.41) is 86.2. The van der Waals surface area contributed by atoms with E-state index in [9.17, 15) is 69.6 Å². The van der Waals surface area contributed by atoms with Crippen LogP contribution in [-0.2, 0) is 41.6 Å². The molecular formula is C42H48Cl2N4O15. The van der Waals surface area contributed by atoms with Crippen LogP contribution in [0.25, 0.3) is 11.5 Å². The molecule has 0 aromatic heterocycles. The van der Waals surface area contributed by atoms with Crippen molar-refractivity contribution < 1.29 is 75.1 Å². The van der Waals surface area contributed by atoms with Gasteiger partial charge in [0.1, 0.15) is 45.7 Å². The highest BCUT2D eigenvalue weighted by Crippen LogP contribution is 2.54. The van der Waals surface area contributed by atoms with Gasteiger partial charge in [-0.05, 0) is 89.0 Å². The van der Waals surface area contributed by atoms with Crippen LogP contribution in [0.15, 0.2) is 70.2 Å². The summed E-state index contributed by atoms with van der Waals surface area (Å²) in [5.41, 5.74) is 4.82. The Morgan fingerprint density at radius 1 is 0.603 bits per heavy atom. The van der Waals surface area contributed by atoms with Crippen LogP contribution in [0.3, 0.4) is 0 Å². The van der Waals surface area contributed by atoms with E-state index >= 15 is 0 Å². The molecule has 0 aliphatic heterocycles. The van der Waals surface area contributed by atoms with Gasteiger partial charge in [-0.15, -0.1) is 24.8 Å². The molecule has 0 unspecified atom stereocenters. The summed E-state index contributed by atoms with van der Waals surface area (Å²) >= 11 is 0. The van der Waals surface area contributed by atoms with Gasteiger partial charge < -0.3 is 57.8 Å². The predicted molar refractivity (Wildman–Crippen MR) is 227 cm³/mol. The maximum absolute atomic E-state index is 13.5. The molecule has 6 aliphatic carbocycles. The van der Waals surface area contributed by atoms with E-state index in [4.69, 9.17) is 11.5 Å². The lowest BCUT2D eigenvalue weighted by molar-refractivity contribution is -0.155. The number of benzene rings is 2. The first-order valence-electron chi connectivity index (χ1n) is 18.9. The lowest BCUT2D eigenvalue weighted by Crippen LogP contribution is -2.65. The number of carbonyl (C=O) groups excluding carboxylic acids is 6. The van der Waals surface area contributed by atoms with Crippen molar-refractivity contribution >= 4 is 71.3 Å². The Morgan fingerprint density at radius 2 is 0.921 bits per heavy atom. The first-order chi connectivity index (χ1) is 28.0. The number of nitrogens with zero attached hydrogens (tertiary/aromatic N) is 2. The van der Waals surface area contributed by atoms with Gasteiger partial charge in [0.25, 0.3) is 11.8 Å². The topological polar surface area (TPSA) is 354 Å². The molecule has 2 aromatic rings. The summed E-state index contributed by atoms with van der Waals surface area (Å²) in [6.07, 6.45) is 0.759. The fraction of sp³-hybridized carbons (Fsp3) is 0.381. The Hall–Kier alpha value is -5.80. The van der Waals surface area contributed by atoms with E-state index in [-0.39, 0.29) is 76.9 Å². The number of aromatic hydroxyl groups is 2. The van der Waals surface area contributed by atoms with Gasteiger partial charge in [-0.3, -0.25) is 38.6 Å². The first-order valence-corrected chi connectivity index (χ1v) is 18.9. The third kappa shape index (κ3) is 6.94. The van der Waals surface area contributed by atoms with E-state index in [2.05, 4.69) is 0 Å². The van der Waals surface area contributed by atoms with Crippen molar-refractivity contribution in [3.63, 3.8) is 0 Å². The summed E-state index contributed by atoms with van der Waals surface area (Å²) in [5.74, 6) is -12.9. The highest BCUT2D eigenvalue weighted by Gasteiger charge is 2.65.